The van der Waals surface area contributed by atoms with E-state index >= 15 is 0 Å². The number of amides is 1. The van der Waals surface area contributed by atoms with E-state index in [-0.39, 0.29) is 16.8 Å². The van der Waals surface area contributed by atoms with Crippen LogP contribution in [-0.4, -0.2) is 20.4 Å². The maximum Gasteiger partial charge on any atom is 0.263 e. The van der Waals surface area contributed by atoms with Gasteiger partial charge in [0.25, 0.3) is 15.9 Å². The molecule has 0 saturated heterocycles. The van der Waals surface area contributed by atoms with Gasteiger partial charge in [-0.25, -0.2) is 8.42 Å². The lowest BCUT2D eigenvalue weighted by atomic mass is 9.93. The van der Waals surface area contributed by atoms with Crippen LogP contribution in [0.3, 0.4) is 0 Å². The first-order valence-electron chi connectivity index (χ1n) is 9.52. The lowest BCUT2D eigenvalue weighted by Gasteiger charge is -2.26. The standard InChI is InChI=1S/C22H22N2O3S2/c1-15-10-12-18(13-11-15)29(26,27)24-19-14-20(16-6-3-2-4-7-16)28-21(19)22(25)23-17-8-5-9-17/h2-4,6-7,10-14,17,24H,5,8-9H2,1H3,(H,23,25). The molecule has 0 atom stereocenters. The van der Waals surface area contributed by atoms with E-state index in [0.717, 1.165) is 35.3 Å². The molecule has 0 radical (unpaired) electrons. The van der Waals surface area contributed by atoms with Crippen molar-refractivity contribution < 1.29 is 13.2 Å². The van der Waals surface area contributed by atoms with Gasteiger partial charge in [0.15, 0.2) is 0 Å². The summed E-state index contributed by atoms with van der Waals surface area (Å²) in [6.07, 6.45) is 3.04. The maximum atomic E-state index is 12.9. The monoisotopic (exact) mass is 426 g/mol. The fraction of sp³-hybridized carbons (Fsp3) is 0.227. The Balaban J connectivity index is 1.69. The Hall–Kier alpha value is -2.64. The molecule has 5 nitrogen and oxygen atoms in total. The fourth-order valence-electron chi connectivity index (χ4n) is 3.10. The van der Waals surface area contributed by atoms with E-state index in [1.165, 1.54) is 11.3 Å². The van der Waals surface area contributed by atoms with Gasteiger partial charge < -0.3 is 5.32 Å². The third-order valence-corrected chi connectivity index (χ3v) is 7.58. The third kappa shape index (κ3) is 4.36. The quantitative estimate of drug-likeness (QED) is 0.594. The van der Waals surface area contributed by atoms with Gasteiger partial charge in [-0.3, -0.25) is 9.52 Å². The highest BCUT2D eigenvalue weighted by atomic mass is 32.2. The molecular formula is C22H22N2O3S2. The van der Waals surface area contributed by atoms with Crippen LogP contribution in [0.2, 0.25) is 0 Å². The van der Waals surface area contributed by atoms with Gasteiger partial charge in [0.05, 0.1) is 10.6 Å². The van der Waals surface area contributed by atoms with Crippen LogP contribution < -0.4 is 10.0 Å². The van der Waals surface area contributed by atoms with Crippen molar-refractivity contribution in [2.75, 3.05) is 4.72 Å². The summed E-state index contributed by atoms with van der Waals surface area (Å²) in [6.45, 7) is 1.90. The highest BCUT2D eigenvalue weighted by Gasteiger charge is 2.26. The van der Waals surface area contributed by atoms with Gasteiger partial charge >= 0.3 is 0 Å². The molecule has 1 amide bonds. The molecule has 1 aliphatic rings. The van der Waals surface area contributed by atoms with E-state index in [2.05, 4.69) is 10.0 Å². The van der Waals surface area contributed by atoms with Crippen LogP contribution in [0.4, 0.5) is 5.69 Å². The number of aryl methyl sites for hydroxylation is 1. The zero-order valence-corrected chi connectivity index (χ0v) is 17.6. The lowest BCUT2D eigenvalue weighted by Crippen LogP contribution is -2.39. The topological polar surface area (TPSA) is 75.3 Å². The second-order valence-corrected chi connectivity index (χ2v) is 9.97. The second kappa shape index (κ2) is 8.00. The molecule has 0 aliphatic heterocycles. The van der Waals surface area contributed by atoms with E-state index in [4.69, 9.17) is 0 Å². The molecule has 1 fully saturated rings. The molecule has 1 aliphatic carbocycles. The van der Waals surface area contributed by atoms with Crippen LogP contribution >= 0.6 is 11.3 Å². The highest BCUT2D eigenvalue weighted by Crippen LogP contribution is 2.36. The van der Waals surface area contributed by atoms with Crippen LogP contribution in [-0.2, 0) is 10.0 Å². The van der Waals surface area contributed by atoms with Crippen LogP contribution in [0.5, 0.6) is 0 Å². The van der Waals surface area contributed by atoms with E-state index < -0.39 is 10.0 Å². The summed E-state index contributed by atoms with van der Waals surface area (Å²) < 4.78 is 28.4. The molecule has 29 heavy (non-hydrogen) atoms. The molecule has 7 heteroatoms. The Labute approximate surface area is 174 Å². The average molecular weight is 427 g/mol. The number of hydrogen-bond acceptors (Lipinski definition) is 4. The van der Waals surface area contributed by atoms with Gasteiger partial charge in [0.2, 0.25) is 0 Å². The first-order chi connectivity index (χ1) is 13.9. The summed E-state index contributed by atoms with van der Waals surface area (Å²) in [7, 11) is -3.80. The average Bonchev–Trinajstić information content (AvgIpc) is 3.09. The van der Waals surface area contributed by atoms with Crippen molar-refractivity contribution in [2.24, 2.45) is 0 Å². The summed E-state index contributed by atoms with van der Waals surface area (Å²) in [6, 6.07) is 18.2. The van der Waals surface area contributed by atoms with Crippen molar-refractivity contribution in [2.45, 2.75) is 37.1 Å². The predicted molar refractivity (Wildman–Crippen MR) is 117 cm³/mol. The molecule has 2 aromatic carbocycles. The molecule has 1 heterocycles. The predicted octanol–water partition coefficient (Wildman–Crippen LogP) is 4.81. The van der Waals surface area contributed by atoms with Gasteiger partial charge in [-0.1, -0.05) is 48.0 Å². The molecule has 1 aromatic heterocycles. The van der Waals surface area contributed by atoms with Crippen molar-refractivity contribution >= 4 is 33.0 Å². The molecule has 1 saturated carbocycles. The van der Waals surface area contributed by atoms with E-state index in [0.29, 0.717) is 10.6 Å². The molecule has 0 unspecified atom stereocenters. The molecule has 4 rings (SSSR count). The van der Waals surface area contributed by atoms with Gasteiger partial charge in [-0.05, 0) is 49.9 Å². The summed E-state index contributed by atoms with van der Waals surface area (Å²) in [5.41, 5.74) is 2.23. The zero-order valence-electron chi connectivity index (χ0n) is 16.0. The Morgan fingerprint density at radius 3 is 2.34 bits per heavy atom. The first-order valence-corrected chi connectivity index (χ1v) is 11.8. The highest BCUT2D eigenvalue weighted by molar-refractivity contribution is 7.92. The first kappa shape index (κ1) is 19.7. The second-order valence-electron chi connectivity index (χ2n) is 7.24. The fourth-order valence-corrected chi connectivity index (χ4v) is 5.25. The minimum Gasteiger partial charge on any atom is -0.349 e. The number of carbonyl (C=O) groups is 1. The van der Waals surface area contributed by atoms with Crippen molar-refractivity contribution in [3.8, 4) is 10.4 Å². The van der Waals surface area contributed by atoms with Crippen LogP contribution in [0.1, 0.15) is 34.5 Å². The number of nitrogens with one attached hydrogen (secondary N) is 2. The Morgan fingerprint density at radius 2 is 1.72 bits per heavy atom. The molecule has 150 valence electrons. The normalized spacial score (nSPS) is 14.2. The number of rotatable bonds is 6. The van der Waals surface area contributed by atoms with E-state index in [9.17, 15) is 13.2 Å². The van der Waals surface area contributed by atoms with Crippen molar-refractivity contribution in [3.05, 3.63) is 71.1 Å². The van der Waals surface area contributed by atoms with Crippen LogP contribution in [0, 0.1) is 6.92 Å². The van der Waals surface area contributed by atoms with Gasteiger partial charge in [-0.2, -0.15) is 0 Å². The molecule has 2 N–H and O–H groups in total. The van der Waals surface area contributed by atoms with E-state index in [1.807, 2.05) is 37.3 Å². The van der Waals surface area contributed by atoms with Crippen LogP contribution in [0.15, 0.2) is 65.6 Å². The van der Waals surface area contributed by atoms with Gasteiger partial charge in [0, 0.05) is 10.9 Å². The van der Waals surface area contributed by atoms with E-state index in [1.54, 1.807) is 30.3 Å². The number of anilines is 1. The number of thiophene rings is 1. The number of hydrogen-bond donors (Lipinski definition) is 2. The Bertz CT molecular complexity index is 1120. The zero-order chi connectivity index (χ0) is 20.4. The summed E-state index contributed by atoms with van der Waals surface area (Å²) >= 11 is 1.30. The lowest BCUT2D eigenvalue weighted by molar-refractivity contribution is 0.0922. The smallest absolute Gasteiger partial charge is 0.263 e. The Morgan fingerprint density at radius 1 is 1.03 bits per heavy atom. The minimum atomic E-state index is -3.80. The molecule has 0 bridgehead atoms. The summed E-state index contributed by atoms with van der Waals surface area (Å²) in [4.78, 5) is 14.2. The van der Waals surface area contributed by atoms with Gasteiger partial charge in [-0.15, -0.1) is 11.3 Å². The summed E-state index contributed by atoms with van der Waals surface area (Å²) in [5, 5.41) is 3.01. The van der Waals surface area contributed by atoms with Crippen LogP contribution in [0.25, 0.3) is 10.4 Å². The number of carbonyl (C=O) groups excluding carboxylic acids is 1. The SMILES string of the molecule is Cc1ccc(S(=O)(=O)Nc2cc(-c3ccccc3)sc2C(=O)NC2CCC2)cc1. The van der Waals surface area contributed by atoms with Crippen molar-refractivity contribution in [3.63, 3.8) is 0 Å². The number of sulfonamides is 1. The third-order valence-electron chi connectivity index (χ3n) is 5.01. The number of benzene rings is 2. The molecular weight excluding hydrogens is 404 g/mol. The Kier molecular flexibility index (Phi) is 5.43. The van der Waals surface area contributed by atoms with Crippen molar-refractivity contribution in [1.82, 2.24) is 5.32 Å². The van der Waals surface area contributed by atoms with Gasteiger partial charge in [0.1, 0.15) is 4.88 Å². The maximum absolute atomic E-state index is 12.9. The van der Waals surface area contributed by atoms with Crippen molar-refractivity contribution in [1.29, 1.82) is 0 Å². The summed E-state index contributed by atoms with van der Waals surface area (Å²) in [5.74, 6) is -0.233. The minimum absolute atomic E-state index is 0.168. The molecule has 3 aromatic rings. The largest absolute Gasteiger partial charge is 0.349 e. The molecule has 0 spiro atoms.